The first-order valence-corrected chi connectivity index (χ1v) is 11.9. The van der Waals surface area contributed by atoms with Crippen molar-refractivity contribution >= 4 is 34.4 Å². The lowest BCUT2D eigenvalue weighted by atomic mass is 9.75. The van der Waals surface area contributed by atoms with Crippen molar-refractivity contribution in [3.8, 4) is 6.07 Å². The van der Waals surface area contributed by atoms with Gasteiger partial charge in [-0.1, -0.05) is 23.7 Å². The number of carbonyl (C=O) groups is 1. The minimum atomic E-state index is -0.582. The number of hydrogen-bond acceptors (Lipinski definition) is 7. The highest BCUT2D eigenvalue weighted by Gasteiger charge is 2.40. The second kappa shape index (κ2) is 9.80. The van der Waals surface area contributed by atoms with E-state index >= 15 is 0 Å². The number of benzene rings is 2. The standard InChI is InChI=1S/C26H26ClN5O3/c1-3-30(4-2)17-10-8-16(9-11-17)24-19(15-28)26(29)31(22-6-5-7-23(33)25(22)24)21-13-12-18(32(34)35)14-20(21)27/h8-14,24H,3-7,29H2,1-2H3. The molecule has 0 aromatic heterocycles. The van der Waals surface area contributed by atoms with E-state index in [-0.39, 0.29) is 27.9 Å². The van der Waals surface area contributed by atoms with Crippen molar-refractivity contribution in [2.24, 2.45) is 5.73 Å². The molecule has 0 spiro atoms. The summed E-state index contributed by atoms with van der Waals surface area (Å²) in [6, 6.07) is 14.2. The minimum Gasteiger partial charge on any atom is -0.384 e. The number of nitro benzene ring substituents is 1. The van der Waals surface area contributed by atoms with Crippen molar-refractivity contribution in [1.82, 2.24) is 0 Å². The van der Waals surface area contributed by atoms with Gasteiger partial charge in [0.1, 0.15) is 5.82 Å². The molecule has 1 heterocycles. The average Bonchev–Trinajstić information content (AvgIpc) is 2.85. The van der Waals surface area contributed by atoms with Gasteiger partial charge in [0.2, 0.25) is 0 Å². The Morgan fingerprint density at radius 3 is 2.46 bits per heavy atom. The van der Waals surface area contributed by atoms with Crippen molar-refractivity contribution in [2.45, 2.75) is 39.0 Å². The van der Waals surface area contributed by atoms with Crippen LogP contribution in [0.2, 0.25) is 5.02 Å². The summed E-state index contributed by atoms with van der Waals surface area (Å²) in [5, 5.41) is 21.5. The quantitative estimate of drug-likeness (QED) is 0.424. The van der Waals surface area contributed by atoms with Gasteiger partial charge in [-0.2, -0.15) is 5.26 Å². The molecule has 1 atom stereocenters. The Morgan fingerprint density at radius 2 is 1.89 bits per heavy atom. The first-order valence-electron chi connectivity index (χ1n) is 11.6. The largest absolute Gasteiger partial charge is 0.384 e. The Kier molecular flexibility index (Phi) is 6.81. The molecule has 0 fully saturated rings. The Balaban J connectivity index is 1.88. The van der Waals surface area contributed by atoms with Crippen LogP contribution in [0.25, 0.3) is 0 Å². The molecule has 35 heavy (non-hydrogen) atoms. The molecule has 0 saturated heterocycles. The van der Waals surface area contributed by atoms with Crippen LogP contribution in [0.3, 0.4) is 0 Å². The molecule has 2 aromatic carbocycles. The lowest BCUT2D eigenvalue weighted by Crippen LogP contribution is -2.38. The van der Waals surface area contributed by atoms with E-state index < -0.39 is 10.8 Å². The third-order valence-corrected chi connectivity index (χ3v) is 6.95. The van der Waals surface area contributed by atoms with E-state index in [1.54, 1.807) is 4.90 Å². The predicted octanol–water partition coefficient (Wildman–Crippen LogP) is 5.40. The molecule has 1 aliphatic heterocycles. The van der Waals surface area contributed by atoms with Gasteiger partial charge in [-0.15, -0.1) is 0 Å². The predicted molar refractivity (Wildman–Crippen MR) is 136 cm³/mol. The Bertz CT molecular complexity index is 1290. The third kappa shape index (κ3) is 4.24. The molecule has 0 saturated carbocycles. The number of carbonyl (C=O) groups excluding carboxylic acids is 1. The average molecular weight is 492 g/mol. The van der Waals surface area contributed by atoms with Gasteiger partial charge in [0.25, 0.3) is 5.69 Å². The highest BCUT2D eigenvalue weighted by atomic mass is 35.5. The topological polar surface area (TPSA) is 116 Å². The monoisotopic (exact) mass is 491 g/mol. The molecule has 2 aliphatic rings. The van der Waals surface area contributed by atoms with Gasteiger partial charge in [-0.05, 0) is 50.5 Å². The van der Waals surface area contributed by atoms with E-state index in [9.17, 15) is 20.2 Å². The fourth-order valence-electron chi connectivity index (χ4n) is 4.95. The maximum Gasteiger partial charge on any atom is 0.271 e. The van der Waals surface area contributed by atoms with E-state index in [4.69, 9.17) is 17.3 Å². The molecule has 2 aromatic rings. The van der Waals surface area contributed by atoms with Crippen LogP contribution in [0.5, 0.6) is 0 Å². The highest BCUT2D eigenvalue weighted by Crippen LogP contribution is 2.47. The van der Waals surface area contributed by atoms with Crippen LogP contribution in [0.4, 0.5) is 17.1 Å². The van der Waals surface area contributed by atoms with Crippen molar-refractivity contribution in [2.75, 3.05) is 22.9 Å². The van der Waals surface area contributed by atoms with Crippen LogP contribution in [-0.2, 0) is 4.79 Å². The van der Waals surface area contributed by atoms with Gasteiger partial charge in [0.15, 0.2) is 5.78 Å². The molecule has 1 aliphatic carbocycles. The summed E-state index contributed by atoms with van der Waals surface area (Å²) in [7, 11) is 0. The number of rotatable bonds is 6. The zero-order valence-electron chi connectivity index (χ0n) is 19.6. The fraction of sp³-hybridized carbons (Fsp3) is 0.308. The Hall–Kier alpha value is -3.83. The maximum absolute atomic E-state index is 13.3. The van der Waals surface area contributed by atoms with Crippen molar-refractivity contribution in [3.63, 3.8) is 0 Å². The number of ketones is 1. The van der Waals surface area contributed by atoms with Crippen molar-refractivity contribution in [1.29, 1.82) is 5.26 Å². The molecular weight excluding hydrogens is 466 g/mol. The van der Waals surface area contributed by atoms with Crippen molar-refractivity contribution in [3.05, 3.63) is 85.8 Å². The van der Waals surface area contributed by atoms with Crippen LogP contribution in [0.15, 0.2) is 65.1 Å². The number of Topliss-reactive ketones (excluding diaryl/α,β-unsaturated/α-hetero) is 1. The molecule has 1 unspecified atom stereocenters. The number of nitrogens with two attached hydrogens (primary N) is 1. The second-order valence-electron chi connectivity index (χ2n) is 8.47. The van der Waals surface area contributed by atoms with E-state index in [2.05, 4.69) is 24.8 Å². The van der Waals surface area contributed by atoms with E-state index in [0.29, 0.717) is 36.2 Å². The maximum atomic E-state index is 13.3. The number of halogens is 1. The van der Waals surface area contributed by atoms with Crippen LogP contribution in [-0.4, -0.2) is 23.8 Å². The smallest absolute Gasteiger partial charge is 0.271 e. The van der Waals surface area contributed by atoms with Crippen LogP contribution in [0, 0.1) is 21.4 Å². The van der Waals surface area contributed by atoms with Crippen LogP contribution >= 0.6 is 11.6 Å². The second-order valence-corrected chi connectivity index (χ2v) is 8.88. The number of nitro groups is 1. The summed E-state index contributed by atoms with van der Waals surface area (Å²) in [6.07, 6.45) is 1.59. The SMILES string of the molecule is CCN(CC)c1ccc(C2C(C#N)=C(N)N(c3ccc([N+](=O)[O-])cc3Cl)C3=C2C(=O)CCC3)cc1. The molecule has 4 rings (SSSR count). The van der Waals surface area contributed by atoms with Crippen LogP contribution in [0.1, 0.15) is 44.6 Å². The molecular formula is C26H26ClN5O3. The molecule has 0 radical (unpaired) electrons. The van der Waals surface area contributed by atoms with Gasteiger partial charge in [-0.3, -0.25) is 19.8 Å². The lowest BCUT2D eigenvalue weighted by Gasteiger charge is -2.40. The van der Waals surface area contributed by atoms with Gasteiger partial charge >= 0.3 is 0 Å². The summed E-state index contributed by atoms with van der Waals surface area (Å²) in [6.45, 7) is 5.92. The third-order valence-electron chi connectivity index (χ3n) is 6.65. The number of non-ortho nitro benzene ring substituents is 1. The first-order chi connectivity index (χ1) is 16.8. The number of nitrogens with zero attached hydrogens (tertiary/aromatic N) is 4. The highest BCUT2D eigenvalue weighted by molar-refractivity contribution is 6.33. The number of hydrogen-bond donors (Lipinski definition) is 1. The zero-order valence-corrected chi connectivity index (χ0v) is 20.4. The Morgan fingerprint density at radius 1 is 1.20 bits per heavy atom. The van der Waals surface area contributed by atoms with Crippen molar-refractivity contribution < 1.29 is 9.72 Å². The van der Waals surface area contributed by atoms with Gasteiger partial charge in [0, 0.05) is 48.6 Å². The summed E-state index contributed by atoms with van der Waals surface area (Å²) in [5.41, 5.74) is 10.2. The molecule has 0 amide bonds. The minimum absolute atomic E-state index is 0.0349. The number of anilines is 2. The number of nitriles is 1. The van der Waals surface area contributed by atoms with Gasteiger partial charge in [-0.25, -0.2) is 0 Å². The summed E-state index contributed by atoms with van der Waals surface area (Å²) in [4.78, 5) is 27.8. The van der Waals surface area contributed by atoms with E-state index in [1.807, 2.05) is 24.3 Å². The number of allylic oxidation sites excluding steroid dienone is 3. The van der Waals surface area contributed by atoms with E-state index in [0.717, 1.165) is 24.3 Å². The molecule has 8 nitrogen and oxygen atoms in total. The normalized spacial score (nSPS) is 17.8. The zero-order chi connectivity index (χ0) is 25.3. The summed E-state index contributed by atoms with van der Waals surface area (Å²) >= 11 is 6.44. The molecule has 2 N–H and O–H groups in total. The molecule has 180 valence electrons. The van der Waals surface area contributed by atoms with Gasteiger partial charge in [0.05, 0.1) is 33.2 Å². The summed E-state index contributed by atoms with van der Waals surface area (Å²) in [5.74, 6) is -0.441. The Labute approximate surface area is 209 Å². The van der Waals surface area contributed by atoms with Crippen LogP contribution < -0.4 is 15.5 Å². The first kappa shape index (κ1) is 24.3. The van der Waals surface area contributed by atoms with E-state index in [1.165, 1.54) is 18.2 Å². The summed E-state index contributed by atoms with van der Waals surface area (Å²) < 4.78 is 0. The lowest BCUT2D eigenvalue weighted by molar-refractivity contribution is -0.384. The molecule has 0 bridgehead atoms. The molecule has 9 heteroatoms. The fourth-order valence-corrected chi connectivity index (χ4v) is 5.21. The van der Waals surface area contributed by atoms with Gasteiger partial charge < -0.3 is 10.6 Å².